The molecule has 0 bridgehead atoms. The number of hydrogen-bond acceptors (Lipinski definition) is 6. The Kier molecular flexibility index (Phi) is 7.62. The number of aromatic nitrogens is 2. The average molecular weight is 478 g/mol. The second-order valence-corrected chi connectivity index (χ2v) is 10.00. The van der Waals surface area contributed by atoms with Crippen molar-refractivity contribution in [1.29, 1.82) is 0 Å². The number of anilines is 1. The zero-order chi connectivity index (χ0) is 23.2. The Labute approximate surface area is 202 Å². The standard InChI is InChI=1S/C26H27N3O2S2/c1-18-8-13-23-25(19(18)2)28-26(33-23)29(17-20-6-4-14-27-16-20)24(30)7-5-15-32-22-11-9-21(31-3)10-12-22/h4,6,8-14,16H,5,7,15,17H2,1-3H3. The molecule has 0 saturated carbocycles. The molecule has 2 aromatic carbocycles. The zero-order valence-electron chi connectivity index (χ0n) is 19.1. The minimum absolute atomic E-state index is 0.0858. The minimum atomic E-state index is 0.0858. The van der Waals surface area contributed by atoms with Gasteiger partial charge >= 0.3 is 0 Å². The minimum Gasteiger partial charge on any atom is -0.497 e. The zero-order valence-corrected chi connectivity index (χ0v) is 20.7. The van der Waals surface area contributed by atoms with Crippen LogP contribution >= 0.6 is 23.1 Å². The third-order valence-electron chi connectivity index (χ3n) is 5.53. The lowest BCUT2D eigenvalue weighted by atomic mass is 10.1. The molecule has 0 spiro atoms. The number of hydrogen-bond donors (Lipinski definition) is 0. The van der Waals surface area contributed by atoms with Crippen LogP contribution in [-0.4, -0.2) is 28.7 Å². The van der Waals surface area contributed by atoms with Crippen LogP contribution in [0.5, 0.6) is 5.75 Å². The van der Waals surface area contributed by atoms with E-state index in [1.54, 1.807) is 36.4 Å². The number of aryl methyl sites for hydroxylation is 2. The van der Waals surface area contributed by atoms with Crippen molar-refractivity contribution in [1.82, 2.24) is 9.97 Å². The molecule has 7 heteroatoms. The number of thiazole rings is 1. The Morgan fingerprint density at radius 1 is 1.12 bits per heavy atom. The molecular formula is C26H27N3O2S2. The van der Waals surface area contributed by atoms with Crippen LogP contribution in [-0.2, 0) is 11.3 Å². The monoisotopic (exact) mass is 477 g/mol. The van der Waals surface area contributed by atoms with Gasteiger partial charge in [0.1, 0.15) is 5.75 Å². The van der Waals surface area contributed by atoms with E-state index < -0.39 is 0 Å². The molecule has 4 rings (SSSR count). The number of fused-ring (bicyclic) bond motifs is 1. The van der Waals surface area contributed by atoms with Crippen LogP contribution in [0.25, 0.3) is 10.2 Å². The molecule has 0 saturated heterocycles. The Bertz CT molecular complexity index is 1220. The van der Waals surface area contributed by atoms with E-state index in [9.17, 15) is 4.79 Å². The van der Waals surface area contributed by atoms with Crippen LogP contribution in [0.4, 0.5) is 5.13 Å². The highest BCUT2D eigenvalue weighted by Gasteiger charge is 2.21. The molecule has 33 heavy (non-hydrogen) atoms. The van der Waals surface area contributed by atoms with Crippen molar-refractivity contribution in [2.45, 2.75) is 38.1 Å². The third kappa shape index (κ3) is 5.72. The van der Waals surface area contributed by atoms with E-state index in [0.29, 0.717) is 13.0 Å². The summed E-state index contributed by atoms with van der Waals surface area (Å²) in [5, 5.41) is 0.746. The summed E-state index contributed by atoms with van der Waals surface area (Å²) in [6.45, 7) is 4.65. The maximum absolute atomic E-state index is 13.3. The average Bonchev–Trinajstić information content (AvgIpc) is 3.28. The molecule has 5 nitrogen and oxygen atoms in total. The van der Waals surface area contributed by atoms with Gasteiger partial charge in [0.15, 0.2) is 5.13 Å². The first-order chi connectivity index (χ1) is 16.0. The lowest BCUT2D eigenvalue weighted by Crippen LogP contribution is -2.30. The van der Waals surface area contributed by atoms with Gasteiger partial charge in [-0.1, -0.05) is 23.5 Å². The highest BCUT2D eigenvalue weighted by Crippen LogP contribution is 2.33. The van der Waals surface area contributed by atoms with Crippen molar-refractivity contribution in [3.05, 3.63) is 77.6 Å². The van der Waals surface area contributed by atoms with Crippen molar-refractivity contribution >= 4 is 44.4 Å². The number of methoxy groups -OCH3 is 1. The van der Waals surface area contributed by atoms with Crippen molar-refractivity contribution in [2.75, 3.05) is 17.8 Å². The fraction of sp³-hybridized carbons (Fsp3) is 0.269. The summed E-state index contributed by atoms with van der Waals surface area (Å²) in [5.74, 6) is 1.81. The van der Waals surface area contributed by atoms with Crippen LogP contribution in [0, 0.1) is 13.8 Å². The molecule has 2 heterocycles. The number of pyridine rings is 1. The second-order valence-electron chi connectivity index (χ2n) is 7.82. The van der Waals surface area contributed by atoms with Gasteiger partial charge in [-0.15, -0.1) is 11.8 Å². The lowest BCUT2D eigenvalue weighted by molar-refractivity contribution is -0.118. The van der Waals surface area contributed by atoms with Gasteiger partial charge in [0.2, 0.25) is 5.91 Å². The molecule has 0 unspecified atom stereocenters. The molecule has 1 amide bonds. The Morgan fingerprint density at radius 3 is 2.67 bits per heavy atom. The maximum Gasteiger partial charge on any atom is 0.229 e. The highest BCUT2D eigenvalue weighted by molar-refractivity contribution is 7.99. The Hall–Kier alpha value is -2.90. The summed E-state index contributed by atoms with van der Waals surface area (Å²) in [7, 11) is 1.67. The molecule has 2 aromatic heterocycles. The first-order valence-corrected chi connectivity index (χ1v) is 12.7. The molecule has 0 radical (unpaired) electrons. The van der Waals surface area contributed by atoms with E-state index in [-0.39, 0.29) is 5.91 Å². The van der Waals surface area contributed by atoms with Gasteiger partial charge in [-0.3, -0.25) is 14.7 Å². The summed E-state index contributed by atoms with van der Waals surface area (Å²) in [5.41, 5.74) is 4.35. The molecule has 0 N–H and O–H groups in total. The van der Waals surface area contributed by atoms with Crippen LogP contribution in [0.3, 0.4) is 0 Å². The summed E-state index contributed by atoms with van der Waals surface area (Å²) < 4.78 is 6.31. The van der Waals surface area contributed by atoms with Crippen molar-refractivity contribution < 1.29 is 9.53 Å². The molecule has 4 aromatic rings. The predicted molar refractivity (Wildman–Crippen MR) is 137 cm³/mol. The van der Waals surface area contributed by atoms with Crippen molar-refractivity contribution in [3.8, 4) is 5.75 Å². The van der Waals surface area contributed by atoms with Gasteiger partial charge in [-0.25, -0.2) is 4.98 Å². The number of thioether (sulfide) groups is 1. The van der Waals surface area contributed by atoms with E-state index in [4.69, 9.17) is 9.72 Å². The second kappa shape index (κ2) is 10.8. The fourth-order valence-electron chi connectivity index (χ4n) is 3.49. The Morgan fingerprint density at radius 2 is 1.94 bits per heavy atom. The van der Waals surface area contributed by atoms with Crippen LogP contribution < -0.4 is 9.64 Å². The third-order valence-corrected chi connectivity index (χ3v) is 7.67. The molecule has 170 valence electrons. The molecular weight excluding hydrogens is 450 g/mol. The highest BCUT2D eigenvalue weighted by atomic mass is 32.2. The maximum atomic E-state index is 13.3. The largest absolute Gasteiger partial charge is 0.497 e. The van der Waals surface area contributed by atoms with Gasteiger partial charge in [0.05, 0.1) is 23.9 Å². The van der Waals surface area contributed by atoms with Gasteiger partial charge in [-0.05, 0) is 79.1 Å². The SMILES string of the molecule is COc1ccc(SCCCC(=O)N(Cc2cccnc2)c2nc3c(C)c(C)ccc3s2)cc1. The van der Waals surface area contributed by atoms with E-state index in [1.807, 2.05) is 47.5 Å². The van der Waals surface area contributed by atoms with E-state index in [0.717, 1.165) is 38.8 Å². The Balaban J connectivity index is 1.47. The molecule has 0 aliphatic carbocycles. The first-order valence-electron chi connectivity index (χ1n) is 10.9. The summed E-state index contributed by atoms with van der Waals surface area (Å²) in [6, 6.07) is 16.1. The van der Waals surface area contributed by atoms with Gasteiger partial charge in [-0.2, -0.15) is 0 Å². The number of ether oxygens (including phenoxy) is 1. The van der Waals surface area contributed by atoms with Gasteiger partial charge < -0.3 is 4.74 Å². The first kappa shape index (κ1) is 23.3. The number of amides is 1. The van der Waals surface area contributed by atoms with Crippen molar-refractivity contribution in [2.24, 2.45) is 0 Å². The summed E-state index contributed by atoms with van der Waals surface area (Å²) in [6.07, 6.45) is 4.82. The lowest BCUT2D eigenvalue weighted by Gasteiger charge is -2.20. The topological polar surface area (TPSA) is 55.3 Å². The summed E-state index contributed by atoms with van der Waals surface area (Å²) >= 11 is 3.32. The quantitative estimate of drug-likeness (QED) is 0.206. The number of rotatable bonds is 9. The summed E-state index contributed by atoms with van der Waals surface area (Å²) in [4.78, 5) is 25.4. The van der Waals surface area contributed by atoms with E-state index in [2.05, 4.69) is 31.0 Å². The molecule has 0 fully saturated rings. The number of nitrogens with zero attached hydrogens (tertiary/aromatic N) is 3. The number of carbonyl (C=O) groups is 1. The molecule has 0 aliphatic heterocycles. The van der Waals surface area contributed by atoms with Crippen molar-refractivity contribution in [3.63, 3.8) is 0 Å². The van der Waals surface area contributed by atoms with E-state index >= 15 is 0 Å². The van der Waals surface area contributed by atoms with Crippen LogP contribution in [0.2, 0.25) is 0 Å². The van der Waals surface area contributed by atoms with E-state index in [1.165, 1.54) is 16.0 Å². The van der Waals surface area contributed by atoms with Crippen LogP contribution in [0.1, 0.15) is 29.5 Å². The smallest absolute Gasteiger partial charge is 0.229 e. The van der Waals surface area contributed by atoms with Gasteiger partial charge in [0, 0.05) is 23.7 Å². The number of carbonyl (C=O) groups excluding carboxylic acids is 1. The normalized spacial score (nSPS) is 11.0. The predicted octanol–water partition coefficient (Wildman–Crippen LogP) is 6.42. The molecule has 0 atom stereocenters. The number of benzene rings is 2. The van der Waals surface area contributed by atoms with Gasteiger partial charge in [0.25, 0.3) is 0 Å². The van der Waals surface area contributed by atoms with Crippen LogP contribution in [0.15, 0.2) is 65.8 Å². The molecule has 0 aliphatic rings. The fourth-order valence-corrected chi connectivity index (χ4v) is 5.38.